The number of fused-ring (bicyclic) bond motifs is 1. The zero-order chi connectivity index (χ0) is 19.2. The summed E-state index contributed by atoms with van der Waals surface area (Å²) in [5, 5.41) is 3.37. The summed E-state index contributed by atoms with van der Waals surface area (Å²) in [6.07, 6.45) is 2.84. The normalized spacial score (nSPS) is 10.9. The summed E-state index contributed by atoms with van der Waals surface area (Å²) in [4.78, 5) is 28.2. The van der Waals surface area contributed by atoms with Crippen LogP contribution in [0.25, 0.3) is 16.3 Å². The zero-order valence-corrected chi connectivity index (χ0v) is 15.7. The average Bonchev–Trinajstić information content (AvgIpc) is 3.08. The largest absolute Gasteiger partial charge is 0.495 e. The van der Waals surface area contributed by atoms with Gasteiger partial charge in [-0.05, 0) is 42.8 Å². The number of esters is 1. The van der Waals surface area contributed by atoms with E-state index in [2.05, 4.69) is 10.3 Å². The SMILES string of the molecule is COc1ccc(C)cc1NC(=O)COC(=O)/C=C/c1nc2ccccc2s1. The first kappa shape index (κ1) is 18.6. The summed E-state index contributed by atoms with van der Waals surface area (Å²) in [5.74, 6) is -0.516. The van der Waals surface area contributed by atoms with Gasteiger partial charge in [0.05, 0.1) is 23.0 Å². The van der Waals surface area contributed by atoms with Crippen molar-refractivity contribution in [2.75, 3.05) is 19.0 Å². The Morgan fingerprint density at radius 1 is 1.22 bits per heavy atom. The average molecular weight is 382 g/mol. The van der Waals surface area contributed by atoms with Crippen LogP contribution in [0.2, 0.25) is 0 Å². The van der Waals surface area contributed by atoms with Gasteiger partial charge in [-0.1, -0.05) is 18.2 Å². The molecule has 2 aromatic carbocycles. The van der Waals surface area contributed by atoms with Crippen LogP contribution in [0, 0.1) is 6.92 Å². The molecular formula is C20H18N2O4S. The standard InChI is InChI=1S/C20H18N2O4S/c1-13-7-8-16(25-2)15(11-13)21-18(23)12-26-20(24)10-9-19-22-14-5-3-4-6-17(14)27-19/h3-11H,12H2,1-2H3,(H,21,23)/b10-9+. The first-order valence-corrected chi connectivity index (χ1v) is 9.01. The lowest BCUT2D eigenvalue weighted by Gasteiger charge is -2.10. The molecule has 0 unspecified atom stereocenters. The van der Waals surface area contributed by atoms with Gasteiger partial charge in [-0.15, -0.1) is 11.3 Å². The van der Waals surface area contributed by atoms with Crippen LogP contribution in [0.3, 0.4) is 0 Å². The number of hydrogen-bond acceptors (Lipinski definition) is 6. The number of amides is 1. The van der Waals surface area contributed by atoms with E-state index in [4.69, 9.17) is 9.47 Å². The van der Waals surface area contributed by atoms with Gasteiger partial charge >= 0.3 is 5.97 Å². The van der Waals surface area contributed by atoms with Crippen LogP contribution in [0.5, 0.6) is 5.75 Å². The van der Waals surface area contributed by atoms with Crippen LogP contribution >= 0.6 is 11.3 Å². The van der Waals surface area contributed by atoms with Crippen molar-refractivity contribution in [1.82, 2.24) is 4.98 Å². The summed E-state index contributed by atoms with van der Waals surface area (Å²) >= 11 is 1.47. The van der Waals surface area contributed by atoms with E-state index in [9.17, 15) is 9.59 Å². The molecular weight excluding hydrogens is 364 g/mol. The minimum atomic E-state index is -0.611. The van der Waals surface area contributed by atoms with Gasteiger partial charge in [0.1, 0.15) is 10.8 Å². The number of benzene rings is 2. The zero-order valence-electron chi connectivity index (χ0n) is 14.9. The number of ether oxygens (including phenoxy) is 2. The summed E-state index contributed by atoms with van der Waals surface area (Å²) < 4.78 is 11.2. The highest BCUT2D eigenvalue weighted by Crippen LogP contribution is 2.25. The third kappa shape index (κ3) is 4.92. The van der Waals surface area contributed by atoms with Crippen molar-refractivity contribution in [3.63, 3.8) is 0 Å². The van der Waals surface area contributed by atoms with E-state index in [1.165, 1.54) is 24.5 Å². The Bertz CT molecular complexity index is 977. The Hall–Kier alpha value is -3.19. The van der Waals surface area contributed by atoms with Gasteiger partial charge in [-0.3, -0.25) is 4.79 Å². The molecule has 3 aromatic rings. The fraction of sp³-hybridized carbons (Fsp3) is 0.150. The lowest BCUT2D eigenvalue weighted by Crippen LogP contribution is -2.20. The number of aryl methyl sites for hydroxylation is 1. The Labute approximate surface area is 160 Å². The van der Waals surface area contributed by atoms with Gasteiger partial charge in [0.2, 0.25) is 0 Å². The van der Waals surface area contributed by atoms with Gasteiger partial charge in [0, 0.05) is 6.08 Å². The molecule has 1 N–H and O–H groups in total. The second kappa shape index (κ2) is 8.46. The molecule has 0 saturated carbocycles. The van der Waals surface area contributed by atoms with E-state index in [-0.39, 0.29) is 6.61 Å². The van der Waals surface area contributed by atoms with Crippen LogP contribution in [-0.2, 0) is 14.3 Å². The Kier molecular flexibility index (Phi) is 5.83. The number of anilines is 1. The molecule has 3 rings (SSSR count). The third-order valence-electron chi connectivity index (χ3n) is 3.65. The molecule has 0 aliphatic carbocycles. The number of thiazole rings is 1. The number of rotatable bonds is 6. The van der Waals surface area contributed by atoms with E-state index in [1.807, 2.05) is 37.3 Å². The second-order valence-electron chi connectivity index (χ2n) is 5.71. The molecule has 0 fully saturated rings. The molecule has 0 atom stereocenters. The smallest absolute Gasteiger partial charge is 0.331 e. The molecule has 1 aromatic heterocycles. The van der Waals surface area contributed by atoms with Crippen LogP contribution in [0.4, 0.5) is 5.69 Å². The van der Waals surface area contributed by atoms with Gasteiger partial charge in [-0.2, -0.15) is 0 Å². The number of nitrogens with zero attached hydrogens (tertiary/aromatic N) is 1. The van der Waals surface area contributed by atoms with Crippen molar-refractivity contribution in [3.8, 4) is 5.75 Å². The molecule has 0 radical (unpaired) electrons. The highest BCUT2D eigenvalue weighted by Gasteiger charge is 2.10. The summed E-state index contributed by atoms with van der Waals surface area (Å²) in [6.45, 7) is 1.52. The van der Waals surface area contributed by atoms with E-state index in [0.29, 0.717) is 16.4 Å². The molecule has 7 heteroatoms. The van der Waals surface area contributed by atoms with E-state index < -0.39 is 11.9 Å². The minimum absolute atomic E-state index is 0.389. The van der Waals surface area contributed by atoms with Crippen LogP contribution in [0.15, 0.2) is 48.5 Å². The monoisotopic (exact) mass is 382 g/mol. The summed E-state index contributed by atoms with van der Waals surface area (Å²) in [6, 6.07) is 13.1. The van der Waals surface area contributed by atoms with Crippen molar-refractivity contribution in [1.29, 1.82) is 0 Å². The number of methoxy groups -OCH3 is 1. The van der Waals surface area contributed by atoms with Crippen LogP contribution in [0.1, 0.15) is 10.6 Å². The highest BCUT2D eigenvalue weighted by atomic mass is 32.1. The van der Waals surface area contributed by atoms with Crippen LogP contribution < -0.4 is 10.1 Å². The van der Waals surface area contributed by atoms with E-state index >= 15 is 0 Å². The van der Waals surface area contributed by atoms with Crippen molar-refractivity contribution in [2.24, 2.45) is 0 Å². The third-order valence-corrected chi connectivity index (χ3v) is 4.65. The van der Waals surface area contributed by atoms with E-state index in [0.717, 1.165) is 15.8 Å². The first-order valence-electron chi connectivity index (χ1n) is 8.20. The maximum atomic E-state index is 12.0. The highest BCUT2D eigenvalue weighted by molar-refractivity contribution is 7.19. The lowest BCUT2D eigenvalue weighted by atomic mass is 10.2. The van der Waals surface area contributed by atoms with Crippen molar-refractivity contribution >= 4 is 45.2 Å². The van der Waals surface area contributed by atoms with Crippen molar-refractivity contribution in [2.45, 2.75) is 6.92 Å². The second-order valence-corrected chi connectivity index (χ2v) is 6.78. The van der Waals surface area contributed by atoms with Crippen molar-refractivity contribution in [3.05, 3.63) is 59.1 Å². The number of carbonyl (C=O) groups excluding carboxylic acids is 2. The van der Waals surface area contributed by atoms with Gasteiger partial charge in [0.25, 0.3) is 5.91 Å². The Balaban J connectivity index is 1.54. The Morgan fingerprint density at radius 3 is 2.81 bits per heavy atom. The number of carbonyl (C=O) groups is 2. The molecule has 0 bridgehead atoms. The maximum Gasteiger partial charge on any atom is 0.331 e. The molecule has 0 aliphatic rings. The van der Waals surface area contributed by atoms with Crippen molar-refractivity contribution < 1.29 is 19.1 Å². The van der Waals surface area contributed by atoms with Gasteiger partial charge in [-0.25, -0.2) is 9.78 Å². The summed E-state index contributed by atoms with van der Waals surface area (Å²) in [7, 11) is 1.52. The molecule has 27 heavy (non-hydrogen) atoms. The minimum Gasteiger partial charge on any atom is -0.495 e. The quantitative estimate of drug-likeness (QED) is 0.518. The molecule has 138 valence electrons. The molecule has 0 spiro atoms. The van der Waals surface area contributed by atoms with Crippen LogP contribution in [-0.4, -0.2) is 30.6 Å². The number of para-hydroxylation sites is 1. The number of nitrogens with one attached hydrogen (secondary N) is 1. The number of hydrogen-bond donors (Lipinski definition) is 1. The molecule has 1 amide bonds. The predicted octanol–water partition coefficient (Wildman–Crippen LogP) is 3.81. The number of aromatic nitrogens is 1. The summed E-state index contributed by atoms with van der Waals surface area (Å²) in [5.41, 5.74) is 2.38. The van der Waals surface area contributed by atoms with Gasteiger partial charge in [0.15, 0.2) is 6.61 Å². The van der Waals surface area contributed by atoms with E-state index in [1.54, 1.807) is 18.2 Å². The Morgan fingerprint density at radius 2 is 2.04 bits per heavy atom. The van der Waals surface area contributed by atoms with Gasteiger partial charge < -0.3 is 14.8 Å². The molecule has 0 aliphatic heterocycles. The molecule has 6 nitrogen and oxygen atoms in total. The topological polar surface area (TPSA) is 77.5 Å². The lowest BCUT2D eigenvalue weighted by molar-refractivity contribution is -0.142. The fourth-order valence-corrected chi connectivity index (χ4v) is 3.26. The molecule has 1 heterocycles. The first-order chi connectivity index (χ1) is 13.0. The fourth-order valence-electron chi connectivity index (χ4n) is 2.39. The molecule has 0 saturated heterocycles. The predicted molar refractivity (Wildman–Crippen MR) is 106 cm³/mol. The maximum absolute atomic E-state index is 12.0.